The summed E-state index contributed by atoms with van der Waals surface area (Å²) in [5.41, 5.74) is 7.07. The minimum atomic E-state index is -0.682. The molecule has 2 amide bonds. The Kier molecular flexibility index (Phi) is 5.31. The van der Waals surface area contributed by atoms with Crippen molar-refractivity contribution in [3.05, 3.63) is 71.4 Å². The average Bonchev–Trinajstić information content (AvgIpc) is 2.98. The van der Waals surface area contributed by atoms with Crippen molar-refractivity contribution in [2.45, 2.75) is 6.92 Å². The van der Waals surface area contributed by atoms with Gasteiger partial charge in [-0.15, -0.1) is 0 Å². The van der Waals surface area contributed by atoms with Crippen LogP contribution < -0.4 is 19.2 Å². The molecule has 0 aliphatic carbocycles. The first-order valence-electron chi connectivity index (χ1n) is 7.53. The Morgan fingerprint density at radius 3 is 2.56 bits per heavy atom. The van der Waals surface area contributed by atoms with Crippen LogP contribution in [-0.2, 0) is 0 Å². The topological polar surface area (TPSA) is 85.1 Å². The zero-order valence-electron chi connectivity index (χ0n) is 13.4. The van der Waals surface area contributed by atoms with Gasteiger partial charge in [0.05, 0.1) is 0 Å². The number of benzene rings is 2. The van der Waals surface area contributed by atoms with Crippen LogP contribution in [0.15, 0.2) is 54.6 Å². The van der Waals surface area contributed by atoms with Crippen LogP contribution >= 0.6 is 11.3 Å². The number of rotatable bonds is 5. The SMILES string of the molecule is Cc1cccc(C(=O)Nc2sc([AsH]c3ccccc3)nc2C(N)=O)c1. The zero-order chi connectivity index (χ0) is 17.8. The summed E-state index contributed by atoms with van der Waals surface area (Å²) >= 11 is 0.640. The summed E-state index contributed by atoms with van der Waals surface area (Å²) < 4.78 is 2.04. The molecule has 0 aliphatic rings. The molecule has 3 aromatic rings. The van der Waals surface area contributed by atoms with E-state index < -0.39 is 21.7 Å². The van der Waals surface area contributed by atoms with Crippen molar-refractivity contribution in [3.63, 3.8) is 0 Å². The fourth-order valence-corrected chi connectivity index (χ4v) is 6.20. The van der Waals surface area contributed by atoms with Crippen LogP contribution in [0.2, 0.25) is 0 Å². The molecule has 5 nitrogen and oxygen atoms in total. The first-order valence-corrected chi connectivity index (χ1v) is 10.4. The molecule has 7 heteroatoms. The van der Waals surface area contributed by atoms with Crippen LogP contribution in [0.25, 0.3) is 0 Å². The molecule has 25 heavy (non-hydrogen) atoms. The van der Waals surface area contributed by atoms with Gasteiger partial charge in [-0.3, -0.25) is 0 Å². The molecule has 0 saturated carbocycles. The van der Waals surface area contributed by atoms with E-state index in [4.69, 9.17) is 5.73 Å². The second-order valence-corrected chi connectivity index (χ2v) is 9.86. The van der Waals surface area contributed by atoms with Gasteiger partial charge >= 0.3 is 156 Å². The van der Waals surface area contributed by atoms with Crippen LogP contribution in [0.3, 0.4) is 0 Å². The van der Waals surface area contributed by atoms with Crippen molar-refractivity contribution in [2.75, 3.05) is 5.32 Å². The Bertz CT molecular complexity index is 925. The van der Waals surface area contributed by atoms with Crippen molar-refractivity contribution in [1.29, 1.82) is 0 Å². The molecule has 1 aromatic heterocycles. The number of aryl methyl sites for hydroxylation is 1. The van der Waals surface area contributed by atoms with E-state index in [0.717, 1.165) is 9.36 Å². The molecule has 0 bridgehead atoms. The summed E-state index contributed by atoms with van der Waals surface area (Å²) in [5.74, 6) is -0.914. The second kappa shape index (κ2) is 7.64. The summed E-state index contributed by atoms with van der Waals surface area (Å²) in [4.78, 5) is 28.5. The third-order valence-electron chi connectivity index (χ3n) is 3.39. The van der Waals surface area contributed by atoms with Gasteiger partial charge in [0, 0.05) is 0 Å². The predicted molar refractivity (Wildman–Crippen MR) is 103 cm³/mol. The monoisotopic (exact) mass is 413 g/mol. The summed E-state index contributed by atoms with van der Waals surface area (Å²) in [6.45, 7) is 1.92. The van der Waals surface area contributed by atoms with Crippen molar-refractivity contribution in [1.82, 2.24) is 4.98 Å². The van der Waals surface area contributed by atoms with Crippen molar-refractivity contribution in [3.8, 4) is 0 Å². The Morgan fingerprint density at radius 1 is 1.12 bits per heavy atom. The van der Waals surface area contributed by atoms with E-state index in [0.29, 0.717) is 10.6 Å². The number of nitrogens with two attached hydrogens (primary N) is 1. The van der Waals surface area contributed by atoms with Gasteiger partial charge in [0.2, 0.25) is 0 Å². The first-order chi connectivity index (χ1) is 12.0. The van der Waals surface area contributed by atoms with E-state index in [1.165, 1.54) is 15.7 Å². The fourth-order valence-electron chi connectivity index (χ4n) is 2.23. The van der Waals surface area contributed by atoms with Crippen LogP contribution in [0.5, 0.6) is 0 Å². The van der Waals surface area contributed by atoms with E-state index >= 15 is 0 Å². The number of amides is 2. The number of nitrogens with zero attached hydrogens (tertiary/aromatic N) is 1. The fraction of sp³-hybridized carbons (Fsp3) is 0.0556. The zero-order valence-corrected chi connectivity index (χ0v) is 16.4. The van der Waals surface area contributed by atoms with E-state index in [1.807, 2.05) is 49.4 Å². The average molecular weight is 413 g/mol. The molecule has 0 fully saturated rings. The Hall–Kier alpha value is -2.43. The number of hydrogen-bond acceptors (Lipinski definition) is 4. The molecule has 0 radical (unpaired) electrons. The maximum absolute atomic E-state index is 12.4. The minimum absolute atomic E-state index is 0.126. The Balaban J connectivity index is 1.85. The molecule has 126 valence electrons. The molecular formula is C18H16AsN3O2S. The standard InChI is InChI=1S/C18H16AsN3O2S/c1-11-6-5-7-12(10-11)16(24)22-17-14(15(20)23)21-18(25-17)19-13-8-3-2-4-9-13/h2-10,19H,1H3,(H2,20,23)(H,22,24). The molecule has 0 aliphatic heterocycles. The maximum atomic E-state index is 12.4. The summed E-state index contributed by atoms with van der Waals surface area (Å²) in [5, 5.41) is 3.19. The Labute approximate surface area is 156 Å². The molecule has 1 heterocycles. The van der Waals surface area contributed by atoms with Gasteiger partial charge in [0.25, 0.3) is 0 Å². The predicted octanol–water partition coefficient (Wildman–Crippen LogP) is 1.19. The number of nitrogens with one attached hydrogen (secondary N) is 1. The number of carbonyl (C=O) groups is 2. The van der Waals surface area contributed by atoms with Crippen LogP contribution in [0.1, 0.15) is 26.4 Å². The van der Waals surface area contributed by atoms with Gasteiger partial charge in [-0.05, 0) is 0 Å². The number of primary amides is 1. The van der Waals surface area contributed by atoms with E-state index in [1.54, 1.807) is 12.1 Å². The van der Waals surface area contributed by atoms with Crippen LogP contribution in [0, 0.1) is 6.92 Å². The second-order valence-electron chi connectivity index (χ2n) is 5.38. The Morgan fingerprint density at radius 2 is 1.88 bits per heavy atom. The van der Waals surface area contributed by atoms with Crippen LogP contribution in [-0.4, -0.2) is 32.6 Å². The normalized spacial score (nSPS) is 10.9. The van der Waals surface area contributed by atoms with Crippen molar-refractivity contribution in [2.24, 2.45) is 5.73 Å². The quantitative estimate of drug-likeness (QED) is 0.617. The van der Waals surface area contributed by atoms with E-state index in [-0.39, 0.29) is 11.6 Å². The number of anilines is 1. The van der Waals surface area contributed by atoms with E-state index in [9.17, 15) is 9.59 Å². The summed E-state index contributed by atoms with van der Waals surface area (Å²) in [6, 6.07) is 17.2. The molecule has 3 rings (SSSR count). The molecule has 0 saturated heterocycles. The third kappa shape index (κ3) is 4.35. The van der Waals surface area contributed by atoms with Crippen molar-refractivity contribution < 1.29 is 9.59 Å². The third-order valence-corrected chi connectivity index (χ3v) is 7.34. The molecule has 0 spiro atoms. The number of thiazole rings is 1. The van der Waals surface area contributed by atoms with Gasteiger partial charge in [-0.25, -0.2) is 0 Å². The first kappa shape index (κ1) is 17.4. The van der Waals surface area contributed by atoms with Gasteiger partial charge in [0.15, 0.2) is 0 Å². The van der Waals surface area contributed by atoms with Gasteiger partial charge in [-0.2, -0.15) is 0 Å². The van der Waals surface area contributed by atoms with Crippen LogP contribution in [0.4, 0.5) is 5.00 Å². The molecule has 1 atom stereocenters. The molecular weight excluding hydrogens is 397 g/mol. The van der Waals surface area contributed by atoms with Gasteiger partial charge in [-0.1, -0.05) is 0 Å². The molecule has 1 unspecified atom stereocenters. The number of aromatic nitrogens is 1. The number of hydrogen-bond donors (Lipinski definition) is 2. The van der Waals surface area contributed by atoms with Gasteiger partial charge < -0.3 is 0 Å². The number of carbonyl (C=O) groups excluding carboxylic acids is 2. The summed E-state index contributed by atoms with van der Waals surface area (Å²) in [6.07, 6.45) is 0. The van der Waals surface area contributed by atoms with Gasteiger partial charge in [0.1, 0.15) is 0 Å². The molecule has 3 N–H and O–H groups in total. The molecule has 2 aromatic carbocycles. The van der Waals surface area contributed by atoms with Crippen molar-refractivity contribution >= 4 is 52.1 Å². The summed E-state index contributed by atoms with van der Waals surface area (Å²) in [7, 11) is 0. The van der Waals surface area contributed by atoms with E-state index in [2.05, 4.69) is 10.3 Å².